The summed E-state index contributed by atoms with van der Waals surface area (Å²) in [7, 11) is 0. The molecule has 7 heteroatoms. The quantitative estimate of drug-likeness (QED) is 0.376. The number of hydrogen-bond donors (Lipinski definition) is 0. The van der Waals surface area contributed by atoms with Crippen LogP contribution >= 0.6 is 11.6 Å². The fourth-order valence-electron chi connectivity index (χ4n) is 4.52. The van der Waals surface area contributed by atoms with Gasteiger partial charge in [0.15, 0.2) is 0 Å². The molecule has 0 bridgehead atoms. The average Bonchev–Trinajstić information content (AvgIpc) is 2.93. The first kappa shape index (κ1) is 23.8. The second kappa shape index (κ2) is 10.8. The van der Waals surface area contributed by atoms with Crippen LogP contribution in [0, 0.1) is 0 Å². The van der Waals surface area contributed by atoms with Crippen molar-refractivity contribution in [1.82, 2.24) is 14.7 Å². The molecule has 0 unspecified atom stereocenters. The normalized spacial score (nSPS) is 13.6. The molecule has 5 rings (SSSR count). The van der Waals surface area contributed by atoms with Crippen molar-refractivity contribution in [3.8, 4) is 22.4 Å². The maximum atomic E-state index is 13.0. The molecule has 1 saturated heterocycles. The van der Waals surface area contributed by atoms with Crippen LogP contribution in [0.4, 0.5) is 5.69 Å². The molecule has 182 valence electrons. The molecule has 0 saturated carbocycles. The summed E-state index contributed by atoms with van der Waals surface area (Å²) in [5.74, 6) is 0.0350. The number of aryl methyl sites for hydroxylation is 1. The fraction of sp³-hybridized carbons (Fsp3) is 0.207. The Hall–Kier alpha value is -3.90. The maximum Gasteiger partial charge on any atom is 0.267 e. The number of benzene rings is 3. The molecule has 4 aromatic rings. The molecule has 6 nitrogen and oxygen atoms in total. The first-order valence-electron chi connectivity index (χ1n) is 12.1. The Morgan fingerprint density at radius 3 is 2.06 bits per heavy atom. The van der Waals surface area contributed by atoms with Crippen LogP contribution in [-0.4, -0.2) is 46.8 Å². The van der Waals surface area contributed by atoms with Crippen molar-refractivity contribution in [3.63, 3.8) is 0 Å². The lowest BCUT2D eigenvalue weighted by molar-refractivity contribution is -0.131. The summed E-state index contributed by atoms with van der Waals surface area (Å²) in [6.45, 7) is 3.05. The van der Waals surface area contributed by atoms with Crippen molar-refractivity contribution in [2.24, 2.45) is 0 Å². The zero-order valence-corrected chi connectivity index (χ0v) is 20.6. The first-order chi connectivity index (χ1) is 17.6. The van der Waals surface area contributed by atoms with Crippen LogP contribution in [0.15, 0.2) is 95.8 Å². The van der Waals surface area contributed by atoms with Crippen molar-refractivity contribution in [2.45, 2.75) is 13.0 Å². The molecule has 36 heavy (non-hydrogen) atoms. The largest absolute Gasteiger partial charge is 0.368 e. The Morgan fingerprint density at radius 1 is 0.806 bits per heavy atom. The highest BCUT2D eigenvalue weighted by Gasteiger charge is 2.22. The minimum atomic E-state index is -0.214. The van der Waals surface area contributed by atoms with E-state index in [9.17, 15) is 9.59 Å². The summed E-state index contributed by atoms with van der Waals surface area (Å²) in [5.41, 5.74) is 4.26. The Labute approximate surface area is 215 Å². The zero-order valence-electron chi connectivity index (χ0n) is 19.9. The number of piperazine rings is 1. The third-order valence-corrected chi connectivity index (χ3v) is 6.74. The molecular formula is C29H27ClN4O2. The van der Waals surface area contributed by atoms with Crippen LogP contribution in [0.2, 0.25) is 5.02 Å². The van der Waals surface area contributed by atoms with Gasteiger partial charge in [-0.2, -0.15) is 5.10 Å². The molecular weight excluding hydrogens is 472 g/mol. The lowest BCUT2D eigenvalue weighted by Gasteiger charge is -2.36. The van der Waals surface area contributed by atoms with E-state index in [1.807, 2.05) is 89.8 Å². The molecule has 1 fully saturated rings. The van der Waals surface area contributed by atoms with E-state index in [1.54, 1.807) is 6.07 Å². The van der Waals surface area contributed by atoms with Crippen molar-refractivity contribution < 1.29 is 4.79 Å². The second-order valence-corrected chi connectivity index (χ2v) is 9.23. The van der Waals surface area contributed by atoms with E-state index in [0.29, 0.717) is 18.1 Å². The van der Waals surface area contributed by atoms with Gasteiger partial charge in [0.25, 0.3) is 5.56 Å². The Balaban J connectivity index is 1.29. The van der Waals surface area contributed by atoms with Crippen molar-refractivity contribution in [1.29, 1.82) is 0 Å². The number of aromatic nitrogens is 2. The monoisotopic (exact) mass is 498 g/mol. The van der Waals surface area contributed by atoms with Gasteiger partial charge >= 0.3 is 0 Å². The standard InChI is InChI=1S/C29H27ClN4O2/c30-24-11-13-25(14-12-24)32-17-19-33(20-18-32)27(35)15-16-34-28(36)21-26(22-7-3-1-4-8-22)29(31-34)23-9-5-2-6-10-23/h1-14,21H,15-20H2. The number of carbonyl (C=O) groups is 1. The summed E-state index contributed by atoms with van der Waals surface area (Å²) < 4.78 is 1.41. The zero-order chi connectivity index (χ0) is 24.9. The van der Waals surface area contributed by atoms with E-state index in [2.05, 4.69) is 4.90 Å². The predicted octanol–water partition coefficient (Wildman–Crippen LogP) is 4.97. The highest BCUT2D eigenvalue weighted by Crippen LogP contribution is 2.29. The predicted molar refractivity (Wildman–Crippen MR) is 144 cm³/mol. The summed E-state index contributed by atoms with van der Waals surface area (Å²) in [6.07, 6.45) is 0.229. The second-order valence-electron chi connectivity index (χ2n) is 8.79. The third-order valence-electron chi connectivity index (χ3n) is 6.49. The molecule has 0 aliphatic carbocycles. The van der Waals surface area contributed by atoms with Gasteiger partial charge < -0.3 is 9.80 Å². The number of anilines is 1. The van der Waals surface area contributed by atoms with E-state index in [4.69, 9.17) is 16.7 Å². The number of halogens is 1. The van der Waals surface area contributed by atoms with Gasteiger partial charge in [-0.15, -0.1) is 0 Å². The Bertz CT molecular complexity index is 1380. The van der Waals surface area contributed by atoms with E-state index < -0.39 is 0 Å². The number of nitrogens with zero attached hydrogens (tertiary/aromatic N) is 4. The average molecular weight is 499 g/mol. The van der Waals surface area contributed by atoms with E-state index in [1.165, 1.54) is 4.68 Å². The van der Waals surface area contributed by atoms with Crippen LogP contribution in [0.25, 0.3) is 22.4 Å². The van der Waals surface area contributed by atoms with Gasteiger partial charge in [0.2, 0.25) is 5.91 Å². The minimum Gasteiger partial charge on any atom is -0.368 e. The molecule has 0 atom stereocenters. The van der Waals surface area contributed by atoms with Gasteiger partial charge in [-0.05, 0) is 29.8 Å². The lowest BCUT2D eigenvalue weighted by Crippen LogP contribution is -2.49. The summed E-state index contributed by atoms with van der Waals surface area (Å²) in [4.78, 5) is 30.0. The molecule has 1 aliphatic heterocycles. The minimum absolute atomic E-state index is 0.0350. The Morgan fingerprint density at radius 2 is 1.42 bits per heavy atom. The molecule has 1 amide bonds. The van der Waals surface area contributed by atoms with E-state index in [0.717, 1.165) is 41.2 Å². The summed E-state index contributed by atoms with van der Waals surface area (Å²) in [5, 5.41) is 5.42. The summed E-state index contributed by atoms with van der Waals surface area (Å²) >= 11 is 6.00. The number of amides is 1. The molecule has 0 spiro atoms. The smallest absolute Gasteiger partial charge is 0.267 e. The fourth-order valence-corrected chi connectivity index (χ4v) is 4.65. The van der Waals surface area contributed by atoms with Crippen LogP contribution < -0.4 is 10.5 Å². The molecule has 2 heterocycles. The number of hydrogen-bond acceptors (Lipinski definition) is 4. The van der Waals surface area contributed by atoms with Crippen LogP contribution in [0.1, 0.15) is 6.42 Å². The van der Waals surface area contributed by atoms with E-state index in [-0.39, 0.29) is 24.4 Å². The van der Waals surface area contributed by atoms with Crippen molar-refractivity contribution in [2.75, 3.05) is 31.1 Å². The van der Waals surface area contributed by atoms with Gasteiger partial charge in [-0.3, -0.25) is 9.59 Å². The Kier molecular flexibility index (Phi) is 7.14. The van der Waals surface area contributed by atoms with Crippen molar-refractivity contribution in [3.05, 3.63) is 106 Å². The van der Waals surface area contributed by atoms with Gasteiger partial charge in [0.1, 0.15) is 0 Å². The van der Waals surface area contributed by atoms with Crippen LogP contribution in [0.3, 0.4) is 0 Å². The number of rotatable bonds is 6. The van der Waals surface area contributed by atoms with Gasteiger partial charge in [0.05, 0.1) is 12.2 Å². The first-order valence-corrected chi connectivity index (χ1v) is 12.5. The maximum absolute atomic E-state index is 13.0. The van der Waals surface area contributed by atoms with E-state index >= 15 is 0 Å². The topological polar surface area (TPSA) is 58.4 Å². The van der Waals surface area contributed by atoms with Gasteiger partial charge in [-0.25, -0.2) is 4.68 Å². The number of carbonyl (C=O) groups excluding carboxylic acids is 1. The molecule has 0 radical (unpaired) electrons. The van der Waals surface area contributed by atoms with Crippen LogP contribution in [0.5, 0.6) is 0 Å². The third kappa shape index (κ3) is 5.34. The molecule has 1 aliphatic rings. The van der Waals surface area contributed by atoms with Crippen molar-refractivity contribution >= 4 is 23.2 Å². The SMILES string of the molecule is O=C(CCn1nc(-c2ccccc2)c(-c2ccccc2)cc1=O)N1CCN(c2ccc(Cl)cc2)CC1. The van der Waals surface area contributed by atoms with Gasteiger partial charge in [-0.1, -0.05) is 72.3 Å². The molecule has 0 N–H and O–H groups in total. The summed E-state index contributed by atoms with van der Waals surface area (Å²) in [6, 6.07) is 29.0. The highest BCUT2D eigenvalue weighted by molar-refractivity contribution is 6.30. The molecule has 3 aromatic carbocycles. The molecule has 1 aromatic heterocycles. The lowest BCUT2D eigenvalue weighted by atomic mass is 10.0. The van der Waals surface area contributed by atoms with Crippen LogP contribution in [-0.2, 0) is 11.3 Å². The highest BCUT2D eigenvalue weighted by atomic mass is 35.5. The van der Waals surface area contributed by atoms with Gasteiger partial charge in [0, 0.05) is 60.5 Å².